The van der Waals surface area contributed by atoms with E-state index in [1.54, 1.807) is 0 Å². The molecule has 0 bridgehead atoms. The number of aromatic nitrogens is 2. The molecule has 0 fully saturated rings. The van der Waals surface area contributed by atoms with Crippen molar-refractivity contribution in [3.63, 3.8) is 0 Å². The number of nitrogens with zero attached hydrogens (tertiary/aromatic N) is 2. The molecule has 2 aromatic heterocycles. The van der Waals surface area contributed by atoms with Gasteiger partial charge < -0.3 is 10.2 Å². The summed E-state index contributed by atoms with van der Waals surface area (Å²) in [5.41, 5.74) is 6.87. The zero-order valence-electron chi connectivity index (χ0n) is 10.0. The fourth-order valence-corrected chi connectivity index (χ4v) is 2.33. The fourth-order valence-electron chi connectivity index (χ4n) is 2.33. The van der Waals surface area contributed by atoms with Crippen molar-refractivity contribution in [3.8, 4) is 0 Å². The molecule has 1 aliphatic carbocycles. The second-order valence-corrected chi connectivity index (χ2v) is 4.57. The molecule has 1 aliphatic rings. The van der Waals surface area contributed by atoms with Crippen molar-refractivity contribution in [2.24, 2.45) is 0 Å². The summed E-state index contributed by atoms with van der Waals surface area (Å²) >= 11 is 0. The lowest BCUT2D eigenvalue weighted by atomic mass is 9.85. The van der Waals surface area contributed by atoms with E-state index in [0.717, 1.165) is 17.2 Å². The molecule has 2 aromatic rings. The molecule has 0 saturated carbocycles. The zero-order valence-corrected chi connectivity index (χ0v) is 10.0. The van der Waals surface area contributed by atoms with Gasteiger partial charge >= 0.3 is 0 Å². The van der Waals surface area contributed by atoms with Gasteiger partial charge in [-0.05, 0) is 19.1 Å². The van der Waals surface area contributed by atoms with Crippen LogP contribution in [0.5, 0.6) is 0 Å². The Bertz CT molecular complexity index is 618. The normalized spacial score (nSPS) is 18.7. The van der Waals surface area contributed by atoms with Gasteiger partial charge in [0.05, 0.1) is 11.3 Å². The minimum atomic E-state index is 0.0491. The molecule has 0 unspecified atom stereocenters. The molecule has 0 saturated heterocycles. The van der Waals surface area contributed by atoms with Crippen molar-refractivity contribution in [1.82, 2.24) is 9.97 Å². The number of hydrogen-bond acceptors (Lipinski definition) is 5. The van der Waals surface area contributed by atoms with Crippen LogP contribution in [-0.4, -0.2) is 15.8 Å². The van der Waals surface area contributed by atoms with Gasteiger partial charge in [-0.15, -0.1) is 0 Å². The van der Waals surface area contributed by atoms with Crippen LogP contribution >= 0.6 is 0 Å². The SMILES string of the molecule is Cc1ccc([C@H]2CC(=O)c3cnc(N)nc3C2)o1. The first-order valence-corrected chi connectivity index (χ1v) is 5.84. The number of Topliss-reactive ketones (excluding diaryl/α,β-unsaturated/α-hetero) is 1. The Kier molecular flexibility index (Phi) is 2.40. The highest BCUT2D eigenvalue weighted by molar-refractivity contribution is 5.98. The Labute approximate surface area is 104 Å². The van der Waals surface area contributed by atoms with Crippen LogP contribution < -0.4 is 5.73 Å². The second-order valence-electron chi connectivity index (χ2n) is 4.57. The molecule has 0 aliphatic heterocycles. The number of nitrogens with two attached hydrogens (primary N) is 1. The number of fused-ring (bicyclic) bond motifs is 1. The molecule has 0 spiro atoms. The molecule has 2 heterocycles. The first-order valence-electron chi connectivity index (χ1n) is 5.84. The lowest BCUT2D eigenvalue weighted by Gasteiger charge is -2.20. The number of carbonyl (C=O) groups excluding carboxylic acids is 1. The van der Waals surface area contributed by atoms with Crippen LogP contribution in [0.4, 0.5) is 5.95 Å². The number of hydrogen-bond donors (Lipinski definition) is 1. The van der Waals surface area contributed by atoms with Crippen molar-refractivity contribution in [1.29, 1.82) is 0 Å². The largest absolute Gasteiger partial charge is 0.466 e. The highest BCUT2D eigenvalue weighted by atomic mass is 16.3. The van der Waals surface area contributed by atoms with Gasteiger partial charge in [0.2, 0.25) is 5.95 Å². The number of ketones is 1. The summed E-state index contributed by atoms with van der Waals surface area (Å²) in [6.45, 7) is 1.89. The summed E-state index contributed by atoms with van der Waals surface area (Å²) in [6.07, 6.45) is 2.62. The zero-order chi connectivity index (χ0) is 12.7. The molecule has 0 radical (unpaired) electrons. The summed E-state index contributed by atoms with van der Waals surface area (Å²) in [4.78, 5) is 20.0. The molecule has 0 amide bonds. The van der Waals surface area contributed by atoms with E-state index >= 15 is 0 Å². The quantitative estimate of drug-likeness (QED) is 0.826. The van der Waals surface area contributed by atoms with Crippen molar-refractivity contribution < 1.29 is 9.21 Å². The first-order chi connectivity index (χ1) is 8.63. The van der Waals surface area contributed by atoms with Gasteiger partial charge in [0.15, 0.2) is 5.78 Å². The van der Waals surface area contributed by atoms with Gasteiger partial charge in [0.1, 0.15) is 11.5 Å². The lowest BCUT2D eigenvalue weighted by molar-refractivity contribution is 0.0958. The van der Waals surface area contributed by atoms with Crippen LogP contribution in [-0.2, 0) is 6.42 Å². The minimum Gasteiger partial charge on any atom is -0.466 e. The third kappa shape index (κ3) is 1.77. The smallest absolute Gasteiger partial charge is 0.220 e. The van der Waals surface area contributed by atoms with Crippen molar-refractivity contribution in [3.05, 3.63) is 41.1 Å². The third-order valence-electron chi connectivity index (χ3n) is 3.22. The fraction of sp³-hybridized carbons (Fsp3) is 0.308. The summed E-state index contributed by atoms with van der Waals surface area (Å²) < 4.78 is 5.59. The maximum Gasteiger partial charge on any atom is 0.220 e. The third-order valence-corrected chi connectivity index (χ3v) is 3.22. The second kappa shape index (κ2) is 3.94. The maximum atomic E-state index is 12.0. The van der Waals surface area contributed by atoms with Crippen LogP contribution in [0.15, 0.2) is 22.7 Å². The van der Waals surface area contributed by atoms with E-state index in [-0.39, 0.29) is 17.6 Å². The highest BCUT2D eigenvalue weighted by Gasteiger charge is 2.29. The molecule has 0 aromatic carbocycles. The molecule has 5 heteroatoms. The van der Waals surface area contributed by atoms with E-state index in [1.807, 2.05) is 19.1 Å². The average molecular weight is 243 g/mol. The van der Waals surface area contributed by atoms with Crippen LogP contribution in [0.25, 0.3) is 0 Å². The molecule has 3 rings (SSSR count). The molecule has 92 valence electrons. The summed E-state index contributed by atoms with van der Waals surface area (Å²) in [5.74, 6) is 2.00. The monoisotopic (exact) mass is 243 g/mol. The number of rotatable bonds is 1. The van der Waals surface area contributed by atoms with Gasteiger partial charge in [-0.2, -0.15) is 0 Å². The van der Waals surface area contributed by atoms with Gasteiger partial charge in [-0.1, -0.05) is 0 Å². The number of aryl methyl sites for hydroxylation is 1. The lowest BCUT2D eigenvalue weighted by Crippen LogP contribution is -2.20. The molecule has 18 heavy (non-hydrogen) atoms. The van der Waals surface area contributed by atoms with E-state index in [9.17, 15) is 4.79 Å². The highest BCUT2D eigenvalue weighted by Crippen LogP contribution is 2.32. The summed E-state index contributed by atoms with van der Waals surface area (Å²) in [7, 11) is 0. The number of anilines is 1. The van der Waals surface area contributed by atoms with Crippen molar-refractivity contribution in [2.75, 3.05) is 5.73 Å². The van der Waals surface area contributed by atoms with Gasteiger partial charge in [-0.25, -0.2) is 9.97 Å². The van der Waals surface area contributed by atoms with Gasteiger partial charge in [-0.3, -0.25) is 4.79 Å². The van der Waals surface area contributed by atoms with E-state index in [1.165, 1.54) is 6.20 Å². The van der Waals surface area contributed by atoms with Crippen LogP contribution in [0.1, 0.15) is 39.9 Å². The predicted octanol–water partition coefficient (Wildman–Crippen LogP) is 1.87. The molecule has 1 atom stereocenters. The first kappa shape index (κ1) is 11.0. The standard InChI is InChI=1S/C13H13N3O2/c1-7-2-3-12(18-7)8-4-10-9(11(17)5-8)6-15-13(14)16-10/h2-3,6,8H,4-5H2,1H3,(H2,14,15,16)/t8-/m1/s1. The summed E-state index contributed by atoms with van der Waals surface area (Å²) in [6, 6.07) is 3.83. The van der Waals surface area contributed by atoms with Crippen molar-refractivity contribution in [2.45, 2.75) is 25.7 Å². The Balaban J connectivity index is 1.98. The van der Waals surface area contributed by atoms with E-state index in [2.05, 4.69) is 9.97 Å². The van der Waals surface area contributed by atoms with Crippen LogP contribution in [0.3, 0.4) is 0 Å². The Morgan fingerprint density at radius 2 is 2.22 bits per heavy atom. The van der Waals surface area contributed by atoms with Crippen LogP contribution in [0, 0.1) is 6.92 Å². The number of nitrogen functional groups attached to an aromatic ring is 1. The van der Waals surface area contributed by atoms with Crippen molar-refractivity contribution >= 4 is 11.7 Å². The molecule has 2 N–H and O–H groups in total. The molecule has 5 nitrogen and oxygen atoms in total. The Morgan fingerprint density at radius 1 is 1.39 bits per heavy atom. The minimum absolute atomic E-state index is 0.0491. The van der Waals surface area contributed by atoms with E-state index < -0.39 is 0 Å². The van der Waals surface area contributed by atoms with E-state index in [4.69, 9.17) is 10.2 Å². The number of furan rings is 1. The molecular weight excluding hydrogens is 230 g/mol. The van der Waals surface area contributed by atoms with E-state index in [0.29, 0.717) is 18.4 Å². The van der Waals surface area contributed by atoms with Gasteiger partial charge in [0, 0.05) is 25.0 Å². The summed E-state index contributed by atoms with van der Waals surface area (Å²) in [5, 5.41) is 0. The topological polar surface area (TPSA) is 82.0 Å². The Hall–Kier alpha value is -2.17. The molecular formula is C13H13N3O2. The maximum absolute atomic E-state index is 12.0. The average Bonchev–Trinajstić information content (AvgIpc) is 2.75. The van der Waals surface area contributed by atoms with Crippen LogP contribution in [0.2, 0.25) is 0 Å². The number of carbonyl (C=O) groups is 1. The Morgan fingerprint density at radius 3 is 2.94 bits per heavy atom. The predicted molar refractivity (Wildman–Crippen MR) is 65.3 cm³/mol. The van der Waals surface area contributed by atoms with Gasteiger partial charge in [0.25, 0.3) is 0 Å².